The van der Waals surface area contributed by atoms with Gasteiger partial charge in [-0.15, -0.1) is 0 Å². The first-order valence-corrected chi connectivity index (χ1v) is 5.46. The largest absolute Gasteiger partial charge is 0.307 e. The molecule has 1 nitrogen and oxygen atoms in total. The SMILES string of the molecule is CC(C)/C=C\[C@@H]1NC(C)C(C)[C@@H]1C. The molecule has 1 rings (SSSR count). The smallest absolute Gasteiger partial charge is 0.0281 e. The van der Waals surface area contributed by atoms with Crippen LogP contribution in [-0.2, 0) is 0 Å². The first-order chi connectivity index (χ1) is 6.02. The van der Waals surface area contributed by atoms with Gasteiger partial charge in [0.2, 0.25) is 0 Å². The van der Waals surface area contributed by atoms with Crippen LogP contribution in [0.3, 0.4) is 0 Å². The van der Waals surface area contributed by atoms with E-state index in [9.17, 15) is 0 Å². The summed E-state index contributed by atoms with van der Waals surface area (Å²) in [7, 11) is 0. The van der Waals surface area contributed by atoms with Gasteiger partial charge in [-0.05, 0) is 24.7 Å². The van der Waals surface area contributed by atoms with E-state index in [1.54, 1.807) is 0 Å². The minimum atomic E-state index is 0.590. The molecule has 2 unspecified atom stereocenters. The normalized spacial score (nSPS) is 40.8. The van der Waals surface area contributed by atoms with Crippen LogP contribution in [0.1, 0.15) is 34.6 Å². The molecule has 1 saturated heterocycles. The molecule has 4 atom stereocenters. The Bertz CT molecular complexity index is 184. The fraction of sp³-hybridized carbons (Fsp3) is 0.833. The zero-order chi connectivity index (χ0) is 10.0. The van der Waals surface area contributed by atoms with E-state index >= 15 is 0 Å². The van der Waals surface area contributed by atoms with Crippen molar-refractivity contribution in [1.82, 2.24) is 5.32 Å². The van der Waals surface area contributed by atoms with Gasteiger partial charge in [-0.25, -0.2) is 0 Å². The quantitative estimate of drug-likeness (QED) is 0.646. The second-order valence-corrected chi connectivity index (χ2v) is 4.83. The highest BCUT2D eigenvalue weighted by molar-refractivity contribution is 5.04. The Morgan fingerprint density at radius 2 is 1.69 bits per heavy atom. The van der Waals surface area contributed by atoms with Crippen molar-refractivity contribution in [3.63, 3.8) is 0 Å². The Morgan fingerprint density at radius 1 is 1.08 bits per heavy atom. The van der Waals surface area contributed by atoms with E-state index in [-0.39, 0.29) is 0 Å². The summed E-state index contributed by atoms with van der Waals surface area (Å²) in [5.74, 6) is 2.23. The molecular weight excluding hydrogens is 158 g/mol. The van der Waals surface area contributed by atoms with E-state index in [4.69, 9.17) is 0 Å². The second kappa shape index (κ2) is 4.28. The molecule has 0 bridgehead atoms. The summed E-state index contributed by atoms with van der Waals surface area (Å²) in [5, 5.41) is 3.62. The van der Waals surface area contributed by atoms with Crippen molar-refractivity contribution in [1.29, 1.82) is 0 Å². The Hall–Kier alpha value is -0.300. The molecule has 1 fully saturated rings. The number of rotatable bonds is 2. The number of nitrogens with one attached hydrogen (secondary N) is 1. The lowest BCUT2D eigenvalue weighted by Gasteiger charge is -2.13. The third-order valence-corrected chi connectivity index (χ3v) is 3.34. The topological polar surface area (TPSA) is 12.0 Å². The van der Waals surface area contributed by atoms with E-state index in [0.29, 0.717) is 18.0 Å². The molecule has 0 aromatic heterocycles. The first kappa shape index (κ1) is 10.8. The lowest BCUT2D eigenvalue weighted by Crippen LogP contribution is -2.27. The average molecular weight is 181 g/mol. The van der Waals surface area contributed by atoms with E-state index in [1.807, 2.05) is 0 Å². The Labute approximate surface area is 82.6 Å². The van der Waals surface area contributed by atoms with E-state index < -0.39 is 0 Å². The summed E-state index contributed by atoms with van der Waals surface area (Å²) >= 11 is 0. The second-order valence-electron chi connectivity index (χ2n) is 4.83. The van der Waals surface area contributed by atoms with Crippen molar-refractivity contribution in [2.45, 2.75) is 46.7 Å². The van der Waals surface area contributed by atoms with Gasteiger partial charge in [-0.3, -0.25) is 0 Å². The lowest BCUT2D eigenvalue weighted by molar-refractivity contribution is 0.422. The van der Waals surface area contributed by atoms with Crippen LogP contribution >= 0.6 is 0 Å². The molecule has 0 spiro atoms. The summed E-state index contributed by atoms with van der Waals surface area (Å²) in [6.07, 6.45) is 4.65. The maximum Gasteiger partial charge on any atom is 0.0281 e. The average Bonchev–Trinajstić information content (AvgIpc) is 2.29. The Kier molecular flexibility index (Phi) is 3.55. The highest BCUT2D eigenvalue weighted by atomic mass is 15.0. The van der Waals surface area contributed by atoms with Crippen LogP contribution in [0.4, 0.5) is 0 Å². The van der Waals surface area contributed by atoms with Crippen molar-refractivity contribution in [2.24, 2.45) is 17.8 Å². The summed E-state index contributed by atoms with van der Waals surface area (Å²) in [4.78, 5) is 0. The molecule has 1 N–H and O–H groups in total. The standard InChI is InChI=1S/C12H23N/c1-8(2)6-7-12-10(4)9(3)11(5)13-12/h6-13H,1-5H3/b7-6-/t9?,10-,11?,12-/m0/s1. The third kappa shape index (κ3) is 2.57. The number of hydrogen-bond acceptors (Lipinski definition) is 1. The van der Waals surface area contributed by atoms with Gasteiger partial charge in [-0.1, -0.05) is 39.8 Å². The van der Waals surface area contributed by atoms with Gasteiger partial charge in [-0.2, -0.15) is 0 Å². The van der Waals surface area contributed by atoms with Crippen LogP contribution in [0, 0.1) is 17.8 Å². The summed E-state index contributed by atoms with van der Waals surface area (Å²) in [6, 6.07) is 1.25. The number of allylic oxidation sites excluding steroid dienone is 1. The van der Waals surface area contributed by atoms with Gasteiger partial charge < -0.3 is 5.32 Å². The number of hydrogen-bond donors (Lipinski definition) is 1. The molecular formula is C12H23N. The molecule has 0 aliphatic carbocycles. The minimum absolute atomic E-state index is 0.590. The summed E-state index contributed by atoms with van der Waals surface area (Å²) in [5.41, 5.74) is 0. The molecule has 0 aromatic carbocycles. The molecule has 0 radical (unpaired) electrons. The van der Waals surface area contributed by atoms with Gasteiger partial charge in [0.1, 0.15) is 0 Å². The predicted molar refractivity (Wildman–Crippen MR) is 58.7 cm³/mol. The summed E-state index contributed by atoms with van der Waals surface area (Å²) < 4.78 is 0. The van der Waals surface area contributed by atoms with Crippen LogP contribution in [0.5, 0.6) is 0 Å². The van der Waals surface area contributed by atoms with Gasteiger partial charge >= 0.3 is 0 Å². The molecule has 1 heterocycles. The van der Waals surface area contributed by atoms with Crippen LogP contribution in [0.2, 0.25) is 0 Å². The van der Waals surface area contributed by atoms with Gasteiger partial charge in [0.15, 0.2) is 0 Å². The van der Waals surface area contributed by atoms with Crippen molar-refractivity contribution >= 4 is 0 Å². The van der Waals surface area contributed by atoms with E-state index in [2.05, 4.69) is 52.1 Å². The van der Waals surface area contributed by atoms with Crippen molar-refractivity contribution in [3.8, 4) is 0 Å². The van der Waals surface area contributed by atoms with Crippen molar-refractivity contribution < 1.29 is 0 Å². The Morgan fingerprint density at radius 3 is 2.08 bits per heavy atom. The first-order valence-electron chi connectivity index (χ1n) is 5.46. The van der Waals surface area contributed by atoms with Crippen LogP contribution in [0.25, 0.3) is 0 Å². The Balaban J connectivity index is 2.53. The van der Waals surface area contributed by atoms with Crippen LogP contribution in [-0.4, -0.2) is 12.1 Å². The monoisotopic (exact) mass is 181 g/mol. The molecule has 1 heteroatoms. The van der Waals surface area contributed by atoms with E-state index in [1.165, 1.54) is 0 Å². The van der Waals surface area contributed by atoms with Gasteiger partial charge in [0.25, 0.3) is 0 Å². The van der Waals surface area contributed by atoms with Crippen molar-refractivity contribution in [3.05, 3.63) is 12.2 Å². The van der Waals surface area contributed by atoms with Gasteiger partial charge in [0, 0.05) is 12.1 Å². The maximum absolute atomic E-state index is 3.62. The summed E-state index contributed by atoms with van der Waals surface area (Å²) in [6.45, 7) is 11.4. The third-order valence-electron chi connectivity index (χ3n) is 3.34. The minimum Gasteiger partial charge on any atom is -0.307 e. The molecule has 0 aromatic rings. The zero-order valence-electron chi connectivity index (χ0n) is 9.54. The highest BCUT2D eigenvalue weighted by Gasteiger charge is 2.32. The van der Waals surface area contributed by atoms with Crippen molar-refractivity contribution in [2.75, 3.05) is 0 Å². The van der Waals surface area contributed by atoms with E-state index in [0.717, 1.165) is 11.8 Å². The molecule has 1 aliphatic rings. The lowest BCUT2D eigenvalue weighted by atomic mass is 9.90. The molecule has 0 saturated carbocycles. The van der Waals surface area contributed by atoms with Crippen LogP contribution in [0.15, 0.2) is 12.2 Å². The molecule has 1 aliphatic heterocycles. The maximum atomic E-state index is 3.62. The fourth-order valence-electron chi connectivity index (χ4n) is 1.96. The zero-order valence-corrected chi connectivity index (χ0v) is 9.54. The molecule has 76 valence electrons. The molecule has 13 heavy (non-hydrogen) atoms. The highest BCUT2D eigenvalue weighted by Crippen LogP contribution is 2.27. The molecule has 0 amide bonds. The van der Waals surface area contributed by atoms with Gasteiger partial charge in [0.05, 0.1) is 0 Å². The fourth-order valence-corrected chi connectivity index (χ4v) is 1.96. The predicted octanol–water partition coefficient (Wildman–Crippen LogP) is 2.83. The van der Waals surface area contributed by atoms with Crippen LogP contribution < -0.4 is 5.32 Å².